The van der Waals surface area contributed by atoms with Gasteiger partial charge in [-0.3, -0.25) is 4.79 Å². The molecule has 158 valence electrons. The van der Waals surface area contributed by atoms with Crippen molar-refractivity contribution < 1.29 is 19.7 Å². The number of allylic oxidation sites excluding steroid dienone is 1. The zero-order valence-electron chi connectivity index (χ0n) is 17.5. The topological polar surface area (TPSA) is 70.0 Å². The normalized spacial score (nSPS) is 35.2. The van der Waals surface area contributed by atoms with E-state index in [-0.39, 0.29) is 35.1 Å². The second-order valence-electron chi connectivity index (χ2n) is 9.73. The number of phenols is 1. The van der Waals surface area contributed by atoms with Gasteiger partial charge in [0.15, 0.2) is 0 Å². The van der Waals surface area contributed by atoms with Gasteiger partial charge in [-0.15, -0.1) is 0 Å². The van der Waals surface area contributed by atoms with Crippen molar-refractivity contribution >= 4 is 5.97 Å². The largest absolute Gasteiger partial charge is 0.508 e. The number of aromatic hydroxyl groups is 1. The van der Waals surface area contributed by atoms with Gasteiger partial charge in [-0.2, -0.15) is 0 Å². The molecule has 6 atom stereocenters. The minimum atomic E-state index is -0.665. The first kappa shape index (κ1) is 20.4. The number of aliphatic hydroxyl groups excluding tert-OH is 1. The molecule has 1 saturated heterocycles. The van der Waals surface area contributed by atoms with Gasteiger partial charge in [0.25, 0.3) is 0 Å². The molecule has 5 heteroatoms. The molecule has 0 amide bonds. The first-order chi connectivity index (χ1) is 13.8. The third-order valence-electron chi connectivity index (χ3n) is 7.59. The minimum absolute atomic E-state index is 0.0232. The summed E-state index contributed by atoms with van der Waals surface area (Å²) in [7, 11) is 1.94. The number of aliphatic hydroxyl groups is 1. The van der Waals surface area contributed by atoms with Crippen LogP contribution in [-0.4, -0.2) is 47.3 Å². The van der Waals surface area contributed by atoms with Crippen molar-refractivity contribution in [3.63, 3.8) is 0 Å². The summed E-state index contributed by atoms with van der Waals surface area (Å²) in [4.78, 5) is 14.7. The molecule has 3 fully saturated rings. The van der Waals surface area contributed by atoms with Crippen molar-refractivity contribution in [3.05, 3.63) is 42.0 Å². The molecule has 4 rings (SSSR count). The standard InChI is InChI=1S/C24H33NO4/c1-15-5-4-10-24(2)12-22-18(11-20(15)24)19(23(28)29-22)13-25(3)14-21(27)16-6-8-17(26)9-7-16/h6-9,18-22,26-27H,1,4-5,10-14H2,2-3H3/t18-,19-,20+,21+,22+,24-/m0/s1. The van der Waals surface area contributed by atoms with Crippen LogP contribution in [0, 0.1) is 23.2 Å². The highest BCUT2D eigenvalue weighted by Gasteiger charge is 2.55. The monoisotopic (exact) mass is 399 g/mol. The molecule has 2 saturated carbocycles. The Morgan fingerprint density at radius 1 is 1.34 bits per heavy atom. The van der Waals surface area contributed by atoms with E-state index in [1.807, 2.05) is 11.9 Å². The number of hydrogen-bond acceptors (Lipinski definition) is 5. The maximum absolute atomic E-state index is 12.7. The van der Waals surface area contributed by atoms with Gasteiger partial charge in [0.1, 0.15) is 11.9 Å². The molecule has 1 aliphatic heterocycles. The number of carbonyl (C=O) groups excluding carboxylic acids is 1. The Morgan fingerprint density at radius 2 is 2.07 bits per heavy atom. The molecule has 0 spiro atoms. The lowest BCUT2D eigenvalue weighted by molar-refractivity contribution is -0.146. The first-order valence-electron chi connectivity index (χ1n) is 10.8. The number of nitrogens with zero attached hydrogens (tertiary/aromatic N) is 1. The zero-order valence-corrected chi connectivity index (χ0v) is 17.5. The predicted molar refractivity (Wildman–Crippen MR) is 111 cm³/mol. The lowest BCUT2D eigenvalue weighted by Crippen LogP contribution is -2.45. The fourth-order valence-electron chi connectivity index (χ4n) is 5.97. The smallest absolute Gasteiger partial charge is 0.310 e. The van der Waals surface area contributed by atoms with Crippen LogP contribution in [-0.2, 0) is 9.53 Å². The summed E-state index contributed by atoms with van der Waals surface area (Å²) in [5, 5.41) is 19.9. The Balaban J connectivity index is 1.41. The highest BCUT2D eigenvalue weighted by atomic mass is 16.6. The quantitative estimate of drug-likeness (QED) is 0.584. The number of likely N-dealkylation sites (N-methyl/N-ethyl adjacent to an activating group) is 1. The van der Waals surface area contributed by atoms with Crippen molar-refractivity contribution in [2.75, 3.05) is 20.1 Å². The molecule has 0 bridgehead atoms. The number of rotatable bonds is 5. The molecule has 5 nitrogen and oxygen atoms in total. The van der Waals surface area contributed by atoms with Gasteiger partial charge in [-0.05, 0) is 68.2 Å². The van der Waals surface area contributed by atoms with Crippen LogP contribution in [0.3, 0.4) is 0 Å². The van der Waals surface area contributed by atoms with E-state index in [2.05, 4.69) is 13.5 Å². The lowest BCUT2D eigenvalue weighted by atomic mass is 9.55. The van der Waals surface area contributed by atoms with E-state index in [1.165, 1.54) is 18.4 Å². The van der Waals surface area contributed by atoms with Crippen molar-refractivity contribution in [3.8, 4) is 5.75 Å². The number of fused-ring (bicyclic) bond motifs is 2. The molecule has 1 aromatic rings. The molecule has 2 aliphatic carbocycles. The van der Waals surface area contributed by atoms with Crippen LogP contribution in [0.4, 0.5) is 0 Å². The number of phenolic OH excluding ortho intramolecular Hbond substituents is 1. The summed E-state index contributed by atoms with van der Waals surface area (Å²) in [5.41, 5.74) is 2.33. The van der Waals surface area contributed by atoms with E-state index in [0.717, 1.165) is 24.8 Å². The Bertz CT molecular complexity index is 776. The van der Waals surface area contributed by atoms with Gasteiger partial charge in [0, 0.05) is 19.0 Å². The minimum Gasteiger partial charge on any atom is -0.508 e. The summed E-state index contributed by atoms with van der Waals surface area (Å²) in [6.07, 6.45) is 4.79. The third kappa shape index (κ3) is 3.95. The van der Waals surface area contributed by atoms with Gasteiger partial charge in [-0.25, -0.2) is 0 Å². The Kier molecular flexibility index (Phi) is 5.47. The SMILES string of the molecule is C=C1CCC[C@@]2(C)C[C@H]3OC(=O)[C@@H](CN(C)C[C@@H](O)c4ccc(O)cc4)[C@@H]3C[C@H]12. The van der Waals surface area contributed by atoms with E-state index in [4.69, 9.17) is 4.74 Å². The summed E-state index contributed by atoms with van der Waals surface area (Å²) in [6, 6.07) is 6.61. The molecule has 0 unspecified atom stereocenters. The Hall–Kier alpha value is -1.85. The number of benzene rings is 1. The number of hydrogen-bond donors (Lipinski definition) is 2. The van der Waals surface area contributed by atoms with Crippen LogP contribution < -0.4 is 0 Å². The zero-order chi connectivity index (χ0) is 20.8. The van der Waals surface area contributed by atoms with E-state index in [1.54, 1.807) is 24.3 Å². The Labute approximate surface area is 173 Å². The van der Waals surface area contributed by atoms with Crippen molar-refractivity contribution in [2.24, 2.45) is 23.2 Å². The fraction of sp³-hybridized carbons (Fsp3) is 0.625. The molecular weight excluding hydrogens is 366 g/mol. The molecule has 0 aromatic heterocycles. The average molecular weight is 400 g/mol. The van der Waals surface area contributed by atoms with Crippen molar-refractivity contribution in [1.29, 1.82) is 0 Å². The summed E-state index contributed by atoms with van der Waals surface area (Å²) in [6.45, 7) is 7.72. The van der Waals surface area contributed by atoms with Gasteiger partial charge in [0.05, 0.1) is 12.0 Å². The third-order valence-corrected chi connectivity index (χ3v) is 7.59. The van der Waals surface area contributed by atoms with Crippen LogP contribution in [0.1, 0.15) is 50.7 Å². The van der Waals surface area contributed by atoms with Gasteiger partial charge >= 0.3 is 5.97 Å². The predicted octanol–water partition coefficient (Wildman–Crippen LogP) is 3.67. The van der Waals surface area contributed by atoms with Crippen molar-refractivity contribution in [1.82, 2.24) is 4.90 Å². The number of carbonyl (C=O) groups is 1. The Morgan fingerprint density at radius 3 is 2.79 bits per heavy atom. The van der Waals surface area contributed by atoms with Crippen LogP contribution >= 0.6 is 0 Å². The second kappa shape index (κ2) is 7.77. The van der Waals surface area contributed by atoms with Gasteiger partial charge in [-0.1, -0.05) is 31.2 Å². The van der Waals surface area contributed by atoms with Crippen LogP contribution in [0.15, 0.2) is 36.4 Å². The highest BCUT2D eigenvalue weighted by molar-refractivity contribution is 5.75. The van der Waals surface area contributed by atoms with Gasteiger partial charge in [0.2, 0.25) is 0 Å². The second-order valence-corrected chi connectivity index (χ2v) is 9.73. The van der Waals surface area contributed by atoms with Crippen molar-refractivity contribution in [2.45, 2.75) is 51.2 Å². The maximum Gasteiger partial charge on any atom is 0.310 e. The molecule has 0 radical (unpaired) electrons. The van der Waals surface area contributed by atoms with Crippen LogP contribution in [0.5, 0.6) is 5.75 Å². The van der Waals surface area contributed by atoms with Crippen LogP contribution in [0.25, 0.3) is 0 Å². The number of ether oxygens (including phenoxy) is 1. The summed E-state index contributed by atoms with van der Waals surface area (Å²) < 4.78 is 5.85. The van der Waals surface area contributed by atoms with E-state index in [0.29, 0.717) is 19.0 Å². The molecular formula is C24H33NO4. The fourth-order valence-corrected chi connectivity index (χ4v) is 5.97. The van der Waals surface area contributed by atoms with E-state index < -0.39 is 6.10 Å². The molecule has 3 aliphatic rings. The first-order valence-corrected chi connectivity index (χ1v) is 10.8. The molecule has 1 heterocycles. The van der Waals surface area contributed by atoms with E-state index in [9.17, 15) is 15.0 Å². The average Bonchev–Trinajstić information content (AvgIpc) is 2.94. The summed E-state index contributed by atoms with van der Waals surface area (Å²) in [5.74, 6) is 0.684. The molecule has 29 heavy (non-hydrogen) atoms. The van der Waals surface area contributed by atoms with Crippen LogP contribution in [0.2, 0.25) is 0 Å². The highest BCUT2D eigenvalue weighted by Crippen LogP contribution is 2.56. The van der Waals surface area contributed by atoms with Gasteiger partial charge < -0.3 is 19.8 Å². The summed E-state index contributed by atoms with van der Waals surface area (Å²) >= 11 is 0. The van der Waals surface area contributed by atoms with E-state index >= 15 is 0 Å². The lowest BCUT2D eigenvalue weighted by Gasteiger charge is -2.50. The number of esters is 1. The molecule has 1 aromatic carbocycles. The maximum atomic E-state index is 12.7. The molecule has 2 N–H and O–H groups in total.